The van der Waals surface area contributed by atoms with Gasteiger partial charge in [0.1, 0.15) is 23.7 Å². The van der Waals surface area contributed by atoms with Gasteiger partial charge in [-0.3, -0.25) is 0 Å². The number of phenols is 1. The Kier molecular flexibility index (Phi) is 4.45. The smallest absolute Gasteiger partial charge is 0.294 e. The van der Waals surface area contributed by atoms with Gasteiger partial charge in [-0.1, -0.05) is 11.6 Å². The first kappa shape index (κ1) is 21.3. The van der Waals surface area contributed by atoms with Crippen molar-refractivity contribution in [3.05, 3.63) is 45.0 Å². The van der Waals surface area contributed by atoms with E-state index in [0.717, 1.165) is 61.8 Å². The van der Waals surface area contributed by atoms with E-state index in [9.17, 15) is 15.2 Å². The number of aromatic hydroxyl groups is 1. The van der Waals surface area contributed by atoms with Crippen LogP contribution in [-0.2, 0) is 10.3 Å². The summed E-state index contributed by atoms with van der Waals surface area (Å²) in [5, 5.41) is 21.7. The molecule has 1 aliphatic heterocycles. The van der Waals surface area contributed by atoms with Crippen LogP contribution in [0.25, 0.3) is 0 Å². The zero-order valence-corrected chi connectivity index (χ0v) is 19.9. The molecule has 5 aliphatic carbocycles. The third kappa shape index (κ3) is 3.27. The van der Waals surface area contributed by atoms with Gasteiger partial charge in [-0.05, 0) is 112 Å². The molecule has 6 heteroatoms. The number of allylic oxidation sites excluding steroid dienone is 2. The molecular weight excluding hydrogens is 418 g/mol. The van der Waals surface area contributed by atoms with Gasteiger partial charge in [0.05, 0.1) is 0 Å². The number of benzene rings is 1. The second-order valence-corrected chi connectivity index (χ2v) is 12.6. The first-order valence-electron chi connectivity index (χ1n) is 12.6. The van der Waals surface area contributed by atoms with Crippen molar-refractivity contribution < 1.29 is 19.8 Å². The minimum absolute atomic E-state index is 0.0523. The van der Waals surface area contributed by atoms with Gasteiger partial charge in [0.2, 0.25) is 0 Å². The van der Waals surface area contributed by atoms with E-state index >= 15 is 0 Å². The van der Waals surface area contributed by atoms with Crippen molar-refractivity contribution in [2.45, 2.75) is 89.1 Å². The predicted octanol–water partition coefficient (Wildman–Crippen LogP) is 6.05. The highest BCUT2D eigenvalue weighted by Gasteiger charge is 2.59. The van der Waals surface area contributed by atoms with Gasteiger partial charge < -0.3 is 14.7 Å². The molecule has 0 saturated heterocycles. The topological polar surface area (TPSA) is 81.8 Å². The number of fused-ring (bicyclic) bond motifs is 3. The molecule has 1 aromatic rings. The molecule has 0 amide bonds. The van der Waals surface area contributed by atoms with Gasteiger partial charge in [0, 0.05) is 17.4 Å². The maximum atomic E-state index is 11.4. The van der Waals surface area contributed by atoms with Crippen LogP contribution in [0.5, 0.6) is 11.5 Å². The first-order chi connectivity index (χ1) is 15.6. The second kappa shape index (κ2) is 6.89. The lowest BCUT2D eigenvalue weighted by Crippen LogP contribution is -2.55. The number of ether oxygens (including phenoxy) is 1. The Morgan fingerprint density at radius 2 is 1.94 bits per heavy atom. The van der Waals surface area contributed by atoms with Crippen molar-refractivity contribution >= 4 is 0 Å². The number of rotatable bonds is 4. The third-order valence-corrected chi connectivity index (χ3v) is 9.78. The Hall–Kier alpha value is -2.24. The van der Waals surface area contributed by atoms with Crippen LogP contribution in [-0.4, -0.2) is 22.4 Å². The SMILES string of the molecule is CC1=CC[C@@H]2[C@@H](C1)c1c(O)cc(C34CC5CC(CC(CO[N+](=O)[O-])(C5)C3)C4)cc1OC2(C)C. The minimum atomic E-state index is -0.636. The van der Waals surface area contributed by atoms with Crippen LogP contribution < -0.4 is 4.74 Å². The van der Waals surface area contributed by atoms with Crippen molar-refractivity contribution in [1.29, 1.82) is 0 Å². The van der Waals surface area contributed by atoms with Gasteiger partial charge in [-0.2, -0.15) is 0 Å². The van der Waals surface area contributed by atoms with Crippen LogP contribution in [0.1, 0.15) is 89.2 Å². The van der Waals surface area contributed by atoms with E-state index in [-0.39, 0.29) is 29.0 Å². The molecule has 0 spiro atoms. The average molecular weight is 454 g/mol. The van der Waals surface area contributed by atoms with Crippen molar-refractivity contribution in [2.75, 3.05) is 6.61 Å². The van der Waals surface area contributed by atoms with Gasteiger partial charge in [0.25, 0.3) is 5.09 Å². The molecule has 4 fully saturated rings. The third-order valence-electron chi connectivity index (χ3n) is 9.78. The fourth-order valence-corrected chi connectivity index (χ4v) is 9.02. The highest BCUT2D eigenvalue weighted by molar-refractivity contribution is 5.54. The van der Waals surface area contributed by atoms with Crippen LogP contribution in [0.15, 0.2) is 23.8 Å². The first-order valence-corrected chi connectivity index (χ1v) is 12.6. The molecule has 4 bridgehead atoms. The van der Waals surface area contributed by atoms with Gasteiger partial charge in [0.15, 0.2) is 0 Å². The van der Waals surface area contributed by atoms with Crippen LogP contribution in [0, 0.1) is 33.3 Å². The van der Waals surface area contributed by atoms with Crippen molar-refractivity contribution in [3.8, 4) is 11.5 Å². The van der Waals surface area contributed by atoms with E-state index in [1.54, 1.807) is 0 Å². The lowest BCUT2D eigenvalue weighted by atomic mass is 9.43. The van der Waals surface area contributed by atoms with E-state index in [1.807, 2.05) is 6.07 Å². The molecule has 33 heavy (non-hydrogen) atoms. The zero-order valence-electron chi connectivity index (χ0n) is 19.9. The summed E-state index contributed by atoms with van der Waals surface area (Å²) in [5.41, 5.74) is 3.06. The van der Waals surface area contributed by atoms with E-state index < -0.39 is 5.09 Å². The normalized spacial score (nSPS) is 39.8. The van der Waals surface area contributed by atoms with Gasteiger partial charge in [-0.15, -0.1) is 10.1 Å². The van der Waals surface area contributed by atoms with E-state index in [0.29, 0.717) is 23.5 Å². The van der Waals surface area contributed by atoms with Crippen LogP contribution in [0.4, 0.5) is 0 Å². The number of nitrogens with zero attached hydrogens (tertiary/aromatic N) is 1. The summed E-state index contributed by atoms with van der Waals surface area (Å²) in [6.45, 7) is 6.75. The molecule has 0 aromatic heterocycles. The summed E-state index contributed by atoms with van der Waals surface area (Å²) < 4.78 is 6.61. The van der Waals surface area contributed by atoms with Gasteiger partial charge >= 0.3 is 0 Å². The molecule has 7 rings (SSSR count). The fraction of sp³-hybridized carbons (Fsp3) is 0.704. The average Bonchev–Trinajstić information content (AvgIpc) is 2.70. The highest BCUT2D eigenvalue weighted by Crippen LogP contribution is 2.67. The largest absolute Gasteiger partial charge is 0.508 e. The Morgan fingerprint density at radius 3 is 2.64 bits per heavy atom. The molecule has 1 N–H and O–H groups in total. The van der Waals surface area contributed by atoms with Crippen molar-refractivity contribution in [1.82, 2.24) is 0 Å². The molecule has 4 atom stereocenters. The van der Waals surface area contributed by atoms with E-state index in [1.165, 1.54) is 12.0 Å². The summed E-state index contributed by atoms with van der Waals surface area (Å²) in [5.74, 6) is 3.00. The number of hydrogen-bond acceptors (Lipinski definition) is 5. The Balaban J connectivity index is 1.40. The fourth-order valence-electron chi connectivity index (χ4n) is 9.02. The molecule has 6 aliphatic rings. The Morgan fingerprint density at radius 1 is 1.21 bits per heavy atom. The standard InChI is InChI=1S/C27H35NO5/c1-16-4-5-21-20(6-16)24-22(29)8-19(9-23(24)33-25(21,2)3)27-12-17-7-18(13-27)11-26(10-17,14-27)15-32-28(30)31/h4,8-9,17-18,20-21,29H,5-7,10-15H2,1-3H3/t17?,18?,20-,21-,26?,27?/m1/s1. The Bertz CT molecular complexity index is 1030. The van der Waals surface area contributed by atoms with Crippen molar-refractivity contribution in [2.24, 2.45) is 23.2 Å². The van der Waals surface area contributed by atoms with E-state index in [4.69, 9.17) is 9.57 Å². The quantitative estimate of drug-likeness (QED) is 0.341. The lowest BCUT2D eigenvalue weighted by Gasteiger charge is -2.62. The van der Waals surface area contributed by atoms with Gasteiger partial charge in [-0.25, -0.2) is 0 Å². The van der Waals surface area contributed by atoms with Crippen LogP contribution in [0.2, 0.25) is 0 Å². The van der Waals surface area contributed by atoms with Crippen molar-refractivity contribution in [3.63, 3.8) is 0 Å². The molecule has 178 valence electrons. The monoisotopic (exact) mass is 453 g/mol. The van der Waals surface area contributed by atoms with Crippen LogP contribution >= 0.6 is 0 Å². The Labute approximate surface area is 195 Å². The molecule has 1 heterocycles. The predicted molar refractivity (Wildman–Crippen MR) is 124 cm³/mol. The summed E-state index contributed by atoms with van der Waals surface area (Å²) in [6.07, 6.45) is 10.6. The summed E-state index contributed by atoms with van der Waals surface area (Å²) in [6, 6.07) is 4.23. The summed E-state index contributed by atoms with van der Waals surface area (Å²) >= 11 is 0. The maximum absolute atomic E-state index is 11.4. The molecule has 6 nitrogen and oxygen atoms in total. The zero-order chi connectivity index (χ0) is 23.2. The summed E-state index contributed by atoms with van der Waals surface area (Å²) in [4.78, 5) is 15.9. The highest BCUT2D eigenvalue weighted by atomic mass is 16.9. The molecule has 4 saturated carbocycles. The second-order valence-electron chi connectivity index (χ2n) is 12.6. The van der Waals surface area contributed by atoms with Crippen LogP contribution in [0.3, 0.4) is 0 Å². The number of phenolic OH excluding ortho intramolecular Hbond substituents is 1. The maximum Gasteiger partial charge on any atom is 0.294 e. The molecule has 0 radical (unpaired) electrons. The molecule has 2 unspecified atom stereocenters. The summed E-state index contributed by atoms with van der Waals surface area (Å²) in [7, 11) is 0. The number of hydrogen-bond donors (Lipinski definition) is 1. The molecule has 1 aromatic carbocycles. The van der Waals surface area contributed by atoms with E-state index in [2.05, 4.69) is 32.9 Å². The minimum Gasteiger partial charge on any atom is -0.508 e. The molecular formula is C27H35NO5. The lowest BCUT2D eigenvalue weighted by molar-refractivity contribution is -0.761.